The van der Waals surface area contributed by atoms with Gasteiger partial charge in [-0.15, -0.1) is 0 Å². The van der Waals surface area contributed by atoms with Crippen molar-refractivity contribution in [2.45, 2.75) is 26.4 Å². The molecule has 0 N–H and O–H groups in total. The zero-order valence-electron chi connectivity index (χ0n) is 23.0. The van der Waals surface area contributed by atoms with Crippen LogP contribution >= 0.6 is 0 Å². The molecule has 0 radical (unpaired) electrons. The molecular formula is C33H32FN3O3. The lowest BCUT2D eigenvalue weighted by atomic mass is 9.96. The fourth-order valence-corrected chi connectivity index (χ4v) is 4.99. The first-order valence-electron chi connectivity index (χ1n) is 13.4. The van der Waals surface area contributed by atoms with E-state index in [-0.39, 0.29) is 5.56 Å². The van der Waals surface area contributed by atoms with Crippen LogP contribution in [-0.2, 0) is 6.61 Å². The highest BCUT2D eigenvalue weighted by Gasteiger charge is 2.24. The second kappa shape index (κ2) is 12.1. The summed E-state index contributed by atoms with van der Waals surface area (Å²) in [6.45, 7) is 4.41. The van der Waals surface area contributed by atoms with Gasteiger partial charge in [-0.2, -0.15) is 5.26 Å². The smallest absolute Gasteiger partial charge is 0.162 e. The zero-order chi connectivity index (χ0) is 28.1. The second-order valence-corrected chi connectivity index (χ2v) is 10.0. The maximum absolute atomic E-state index is 14.8. The summed E-state index contributed by atoms with van der Waals surface area (Å²) in [5, 5.41) is 9.29. The number of benzene rings is 3. The fraction of sp³-hybridized carbons (Fsp3) is 0.273. The van der Waals surface area contributed by atoms with E-state index < -0.39 is 5.82 Å². The van der Waals surface area contributed by atoms with Gasteiger partial charge >= 0.3 is 0 Å². The summed E-state index contributed by atoms with van der Waals surface area (Å²) in [7, 11) is 3.23. The van der Waals surface area contributed by atoms with Crippen molar-refractivity contribution in [3.05, 3.63) is 89.7 Å². The van der Waals surface area contributed by atoms with Gasteiger partial charge in [0.25, 0.3) is 0 Å². The largest absolute Gasteiger partial charge is 0.496 e. The quantitative estimate of drug-likeness (QED) is 0.236. The molecule has 1 saturated heterocycles. The number of pyridine rings is 1. The molecule has 1 aliphatic rings. The van der Waals surface area contributed by atoms with E-state index >= 15 is 0 Å². The first-order chi connectivity index (χ1) is 19.5. The average molecular weight is 538 g/mol. The van der Waals surface area contributed by atoms with Crippen LogP contribution in [0.4, 0.5) is 10.2 Å². The number of ether oxygens (including phenoxy) is 3. The van der Waals surface area contributed by atoms with Crippen LogP contribution in [0, 0.1) is 23.1 Å². The van der Waals surface area contributed by atoms with E-state index in [9.17, 15) is 9.65 Å². The van der Waals surface area contributed by atoms with Gasteiger partial charge in [0.1, 0.15) is 30.1 Å². The minimum Gasteiger partial charge on any atom is -0.496 e. The highest BCUT2D eigenvalue weighted by molar-refractivity contribution is 5.87. The minimum atomic E-state index is -0.592. The number of aromatic nitrogens is 1. The number of nitrogens with zero attached hydrogens (tertiary/aromatic N) is 3. The molecule has 2 heterocycles. The molecule has 1 aliphatic heterocycles. The van der Waals surface area contributed by atoms with Crippen molar-refractivity contribution in [2.24, 2.45) is 5.92 Å². The van der Waals surface area contributed by atoms with Gasteiger partial charge in [-0.1, -0.05) is 49.4 Å². The van der Waals surface area contributed by atoms with Crippen molar-refractivity contribution in [1.82, 2.24) is 4.98 Å². The third kappa shape index (κ3) is 5.72. The van der Waals surface area contributed by atoms with E-state index in [0.717, 1.165) is 42.9 Å². The van der Waals surface area contributed by atoms with Crippen LogP contribution < -0.4 is 19.1 Å². The molecule has 0 atom stereocenters. The van der Waals surface area contributed by atoms with E-state index in [4.69, 9.17) is 19.2 Å². The molecule has 0 spiro atoms. The lowest BCUT2D eigenvalue weighted by molar-refractivity contribution is 0.284. The van der Waals surface area contributed by atoms with Crippen LogP contribution in [0.15, 0.2) is 72.8 Å². The van der Waals surface area contributed by atoms with Crippen LogP contribution in [0.5, 0.6) is 17.2 Å². The molecule has 1 aromatic heterocycles. The number of halogens is 1. The lowest BCUT2D eigenvalue weighted by Crippen LogP contribution is -2.33. The number of hydrogen-bond donors (Lipinski definition) is 0. The summed E-state index contributed by atoms with van der Waals surface area (Å²) in [5.74, 6) is 2.63. The Hall–Kier alpha value is -4.57. The van der Waals surface area contributed by atoms with Gasteiger partial charge in [0.2, 0.25) is 0 Å². The molecule has 6 nitrogen and oxygen atoms in total. The Labute approximate surface area is 234 Å². The Bertz CT molecular complexity index is 1530. The molecule has 4 aromatic rings. The van der Waals surface area contributed by atoms with Crippen LogP contribution in [0.1, 0.15) is 30.9 Å². The van der Waals surface area contributed by atoms with Crippen molar-refractivity contribution in [1.29, 1.82) is 5.26 Å². The summed E-state index contributed by atoms with van der Waals surface area (Å²) < 4.78 is 32.5. The third-order valence-corrected chi connectivity index (χ3v) is 7.35. The van der Waals surface area contributed by atoms with E-state index in [2.05, 4.69) is 11.8 Å². The molecule has 204 valence electrons. The highest BCUT2D eigenvalue weighted by Crippen LogP contribution is 2.44. The Morgan fingerprint density at radius 1 is 0.900 bits per heavy atom. The predicted molar refractivity (Wildman–Crippen MR) is 154 cm³/mol. The summed E-state index contributed by atoms with van der Waals surface area (Å²) in [6.07, 6.45) is 2.15. The highest BCUT2D eigenvalue weighted by atomic mass is 19.1. The summed E-state index contributed by atoms with van der Waals surface area (Å²) in [4.78, 5) is 7.31. The van der Waals surface area contributed by atoms with Crippen LogP contribution in [0.25, 0.3) is 22.4 Å². The molecule has 0 amide bonds. The molecule has 5 rings (SSSR count). The number of piperidine rings is 1. The molecule has 3 aromatic carbocycles. The first kappa shape index (κ1) is 27.0. The first-order valence-corrected chi connectivity index (χ1v) is 13.4. The van der Waals surface area contributed by atoms with Crippen LogP contribution in [-0.4, -0.2) is 32.3 Å². The number of nitriles is 1. The van der Waals surface area contributed by atoms with E-state index in [0.29, 0.717) is 46.6 Å². The molecule has 0 aliphatic carbocycles. The number of hydrogen-bond acceptors (Lipinski definition) is 6. The van der Waals surface area contributed by atoms with Crippen LogP contribution in [0.3, 0.4) is 0 Å². The maximum Gasteiger partial charge on any atom is 0.162 e. The van der Waals surface area contributed by atoms with Gasteiger partial charge in [-0.3, -0.25) is 0 Å². The zero-order valence-corrected chi connectivity index (χ0v) is 23.0. The van der Waals surface area contributed by atoms with Crippen molar-refractivity contribution in [3.8, 4) is 45.7 Å². The maximum atomic E-state index is 14.8. The number of rotatable bonds is 8. The van der Waals surface area contributed by atoms with Gasteiger partial charge in [-0.25, -0.2) is 9.37 Å². The molecule has 0 saturated carbocycles. The average Bonchev–Trinajstić information content (AvgIpc) is 3.00. The molecule has 40 heavy (non-hydrogen) atoms. The minimum absolute atomic E-state index is 0.0144. The molecule has 1 fully saturated rings. The summed E-state index contributed by atoms with van der Waals surface area (Å²) in [5.41, 5.74) is 3.62. The number of methoxy groups -OCH3 is 2. The predicted octanol–water partition coefficient (Wildman–Crippen LogP) is 7.26. The van der Waals surface area contributed by atoms with Gasteiger partial charge < -0.3 is 19.1 Å². The Morgan fingerprint density at radius 3 is 2.30 bits per heavy atom. The van der Waals surface area contributed by atoms with Gasteiger partial charge in [0.15, 0.2) is 11.5 Å². The molecule has 7 heteroatoms. The third-order valence-electron chi connectivity index (χ3n) is 7.35. The van der Waals surface area contributed by atoms with Crippen molar-refractivity contribution < 1.29 is 18.6 Å². The van der Waals surface area contributed by atoms with E-state index in [1.54, 1.807) is 20.3 Å². The lowest BCUT2D eigenvalue weighted by Gasteiger charge is -2.32. The van der Waals surface area contributed by atoms with Crippen molar-refractivity contribution in [3.63, 3.8) is 0 Å². The Morgan fingerprint density at radius 2 is 1.62 bits per heavy atom. The van der Waals surface area contributed by atoms with Gasteiger partial charge in [-0.05, 0) is 54.2 Å². The topological polar surface area (TPSA) is 67.6 Å². The van der Waals surface area contributed by atoms with E-state index in [1.807, 2.05) is 60.7 Å². The second-order valence-electron chi connectivity index (χ2n) is 10.0. The van der Waals surface area contributed by atoms with Crippen LogP contribution in [0.2, 0.25) is 0 Å². The van der Waals surface area contributed by atoms with Gasteiger partial charge in [0, 0.05) is 24.7 Å². The van der Waals surface area contributed by atoms with E-state index in [1.165, 1.54) is 12.1 Å². The molecular weight excluding hydrogens is 505 g/mol. The monoisotopic (exact) mass is 537 g/mol. The standard InChI is InChI=1S/C33H32FN3O3/c1-22-13-15-37(16-14-22)31-19-30(39-3)32(33(36-31)25-9-10-26(20-35)27(34)17-25)24-11-12-28(38-2)29(18-24)40-21-23-7-5-4-6-8-23/h4-12,17-19,22H,13-16,21H2,1-3H3. The Balaban J connectivity index is 1.64. The fourth-order valence-electron chi connectivity index (χ4n) is 4.99. The molecule has 0 bridgehead atoms. The Kier molecular flexibility index (Phi) is 8.16. The summed E-state index contributed by atoms with van der Waals surface area (Å²) >= 11 is 0. The number of anilines is 1. The SMILES string of the molecule is COc1ccc(-c2c(OC)cc(N3CCC(C)CC3)nc2-c2ccc(C#N)c(F)c2)cc1OCc1ccccc1. The summed E-state index contributed by atoms with van der Waals surface area (Å²) in [6, 6.07) is 24.0. The van der Waals surface area contributed by atoms with Gasteiger partial charge in [0.05, 0.1) is 31.0 Å². The van der Waals surface area contributed by atoms with Crippen molar-refractivity contribution in [2.75, 3.05) is 32.2 Å². The molecule has 0 unspecified atom stereocenters. The van der Waals surface area contributed by atoms with Crippen molar-refractivity contribution >= 4 is 5.82 Å². The normalized spacial score (nSPS) is 13.5.